The molecule has 0 bridgehead atoms. The fraction of sp³-hybridized carbons (Fsp3) is 0.579. The van der Waals surface area contributed by atoms with Gasteiger partial charge >= 0.3 is 5.97 Å². The molecule has 5 heteroatoms. The van der Waals surface area contributed by atoms with Crippen molar-refractivity contribution in [2.75, 3.05) is 19.8 Å². The molecule has 1 aromatic rings. The van der Waals surface area contributed by atoms with Crippen LogP contribution in [0.3, 0.4) is 0 Å². The molecule has 1 amide bonds. The monoisotopic (exact) mass is 333 g/mol. The van der Waals surface area contributed by atoms with E-state index in [1.165, 1.54) is 5.56 Å². The highest BCUT2D eigenvalue weighted by Crippen LogP contribution is 2.22. The highest BCUT2D eigenvalue weighted by atomic mass is 16.5. The summed E-state index contributed by atoms with van der Waals surface area (Å²) in [5.41, 5.74) is 2.51. The lowest BCUT2D eigenvalue weighted by Crippen LogP contribution is -2.49. The molecule has 1 heterocycles. The summed E-state index contributed by atoms with van der Waals surface area (Å²) >= 11 is 0. The highest BCUT2D eigenvalue weighted by molar-refractivity contribution is 5.78. The number of hydrogen-bond acceptors (Lipinski definition) is 3. The summed E-state index contributed by atoms with van der Waals surface area (Å²) in [4.78, 5) is 25.1. The van der Waals surface area contributed by atoms with Crippen molar-refractivity contribution in [2.45, 2.75) is 51.5 Å². The average molecular weight is 333 g/mol. The van der Waals surface area contributed by atoms with Crippen LogP contribution in [0, 0.1) is 0 Å². The summed E-state index contributed by atoms with van der Waals surface area (Å²) in [6, 6.07) is 8.01. The zero-order valence-corrected chi connectivity index (χ0v) is 14.7. The van der Waals surface area contributed by atoms with Gasteiger partial charge in [0, 0.05) is 13.0 Å². The van der Waals surface area contributed by atoms with Crippen LogP contribution in [0.5, 0.6) is 0 Å². The van der Waals surface area contributed by atoms with Crippen molar-refractivity contribution >= 4 is 11.9 Å². The first-order valence-corrected chi connectivity index (χ1v) is 8.46. The van der Waals surface area contributed by atoms with Crippen LogP contribution >= 0.6 is 0 Å². The lowest BCUT2D eigenvalue weighted by Gasteiger charge is -2.35. The third-order valence-electron chi connectivity index (χ3n) is 4.41. The predicted octanol–water partition coefficient (Wildman–Crippen LogP) is 2.62. The predicted molar refractivity (Wildman–Crippen MR) is 92.0 cm³/mol. The lowest BCUT2D eigenvalue weighted by atomic mass is 9.86. The van der Waals surface area contributed by atoms with E-state index in [-0.39, 0.29) is 23.8 Å². The maximum Gasteiger partial charge on any atom is 0.305 e. The fourth-order valence-electron chi connectivity index (χ4n) is 2.92. The topological polar surface area (TPSA) is 66.8 Å². The zero-order chi connectivity index (χ0) is 17.7. The number of ether oxygens (including phenoxy) is 1. The molecule has 0 spiro atoms. The van der Waals surface area contributed by atoms with Gasteiger partial charge in [-0.2, -0.15) is 0 Å². The maximum absolute atomic E-state index is 12.5. The second-order valence-corrected chi connectivity index (χ2v) is 7.36. The summed E-state index contributed by atoms with van der Waals surface area (Å²) in [6.07, 6.45) is 0.997. The number of hydrogen-bond donors (Lipinski definition) is 1. The van der Waals surface area contributed by atoms with Crippen LogP contribution in [-0.4, -0.2) is 47.7 Å². The van der Waals surface area contributed by atoms with Gasteiger partial charge in [0.15, 0.2) is 0 Å². The van der Waals surface area contributed by atoms with Gasteiger partial charge in [-0.3, -0.25) is 9.59 Å². The van der Waals surface area contributed by atoms with Gasteiger partial charge in [0.2, 0.25) is 5.91 Å². The molecule has 0 aliphatic carbocycles. The Hall–Kier alpha value is -1.88. The first-order valence-electron chi connectivity index (χ1n) is 8.46. The molecule has 1 aliphatic heterocycles. The van der Waals surface area contributed by atoms with Crippen molar-refractivity contribution < 1.29 is 19.4 Å². The molecule has 2 rings (SSSR count). The summed E-state index contributed by atoms with van der Waals surface area (Å²) in [5.74, 6) is -0.898. The first-order chi connectivity index (χ1) is 11.3. The van der Waals surface area contributed by atoms with Crippen LogP contribution in [0.1, 0.15) is 44.7 Å². The number of carboxylic acid groups (broad SMARTS) is 1. The van der Waals surface area contributed by atoms with E-state index in [2.05, 4.69) is 45.0 Å². The van der Waals surface area contributed by atoms with E-state index in [0.717, 1.165) is 5.56 Å². The van der Waals surface area contributed by atoms with Crippen molar-refractivity contribution in [1.29, 1.82) is 0 Å². The van der Waals surface area contributed by atoms with Crippen molar-refractivity contribution in [3.8, 4) is 0 Å². The molecular weight excluding hydrogens is 306 g/mol. The summed E-state index contributed by atoms with van der Waals surface area (Å²) in [7, 11) is 0. The van der Waals surface area contributed by atoms with E-state index in [1.54, 1.807) is 4.90 Å². The number of rotatable bonds is 5. The average Bonchev–Trinajstić information content (AvgIpc) is 2.52. The van der Waals surface area contributed by atoms with E-state index >= 15 is 0 Å². The smallest absolute Gasteiger partial charge is 0.305 e. The van der Waals surface area contributed by atoms with Crippen LogP contribution in [0.15, 0.2) is 24.3 Å². The van der Waals surface area contributed by atoms with E-state index in [0.29, 0.717) is 32.6 Å². The Kier molecular flexibility index (Phi) is 5.99. The Bertz CT molecular complexity index is 574. The van der Waals surface area contributed by atoms with Crippen LogP contribution in [0.2, 0.25) is 0 Å². The molecule has 1 aromatic carbocycles. The van der Waals surface area contributed by atoms with E-state index in [4.69, 9.17) is 9.84 Å². The summed E-state index contributed by atoms with van der Waals surface area (Å²) < 4.78 is 5.31. The fourth-order valence-corrected chi connectivity index (χ4v) is 2.92. The van der Waals surface area contributed by atoms with Crippen LogP contribution in [0.25, 0.3) is 0 Å². The van der Waals surface area contributed by atoms with E-state index in [9.17, 15) is 9.59 Å². The Morgan fingerprint density at radius 3 is 2.50 bits per heavy atom. The number of benzene rings is 1. The van der Waals surface area contributed by atoms with Gasteiger partial charge in [-0.1, -0.05) is 45.0 Å². The molecule has 0 saturated carbocycles. The quantitative estimate of drug-likeness (QED) is 0.899. The SMILES string of the molecule is CC(C)(C)c1ccc(CCC(=O)N2CCOCC2CC(=O)O)cc1. The summed E-state index contributed by atoms with van der Waals surface area (Å²) in [6.45, 7) is 7.77. The van der Waals surface area contributed by atoms with Crippen molar-refractivity contribution in [3.63, 3.8) is 0 Å². The maximum atomic E-state index is 12.5. The number of carbonyl (C=O) groups is 2. The molecule has 1 unspecified atom stereocenters. The van der Waals surface area contributed by atoms with Gasteiger partial charge in [-0.25, -0.2) is 0 Å². The Morgan fingerprint density at radius 2 is 1.92 bits per heavy atom. The summed E-state index contributed by atoms with van der Waals surface area (Å²) in [5, 5.41) is 8.97. The zero-order valence-electron chi connectivity index (χ0n) is 14.7. The number of carbonyl (C=O) groups excluding carboxylic acids is 1. The van der Waals surface area contributed by atoms with Gasteiger partial charge in [-0.15, -0.1) is 0 Å². The van der Waals surface area contributed by atoms with Gasteiger partial charge in [0.1, 0.15) is 0 Å². The molecule has 1 N–H and O–H groups in total. The third-order valence-corrected chi connectivity index (χ3v) is 4.41. The molecule has 0 radical (unpaired) electrons. The Morgan fingerprint density at radius 1 is 1.25 bits per heavy atom. The highest BCUT2D eigenvalue weighted by Gasteiger charge is 2.28. The van der Waals surface area contributed by atoms with Crippen LogP contribution in [0.4, 0.5) is 0 Å². The Labute approximate surface area is 143 Å². The van der Waals surface area contributed by atoms with Gasteiger partial charge in [-0.05, 0) is 23.0 Å². The number of nitrogens with zero attached hydrogens (tertiary/aromatic N) is 1. The molecular formula is C19H27NO4. The van der Waals surface area contributed by atoms with Crippen molar-refractivity contribution in [2.24, 2.45) is 0 Å². The molecule has 5 nitrogen and oxygen atoms in total. The van der Waals surface area contributed by atoms with Gasteiger partial charge < -0.3 is 14.7 Å². The minimum Gasteiger partial charge on any atom is -0.481 e. The standard InChI is InChI=1S/C19H27NO4/c1-19(2,3)15-7-4-14(5-8-15)6-9-17(21)20-10-11-24-13-16(20)12-18(22)23/h4-5,7-8,16H,6,9-13H2,1-3H3,(H,22,23). The minimum atomic E-state index is -0.902. The molecule has 24 heavy (non-hydrogen) atoms. The largest absolute Gasteiger partial charge is 0.481 e. The first kappa shape index (κ1) is 18.5. The number of aliphatic carboxylic acids is 1. The molecule has 132 valence electrons. The van der Waals surface area contributed by atoms with Crippen LogP contribution < -0.4 is 0 Å². The minimum absolute atomic E-state index is 0.00412. The number of morpholine rings is 1. The molecule has 1 aliphatic rings. The molecule has 0 aromatic heterocycles. The molecule has 1 saturated heterocycles. The van der Waals surface area contributed by atoms with Gasteiger partial charge in [0.05, 0.1) is 25.7 Å². The van der Waals surface area contributed by atoms with Crippen molar-refractivity contribution in [1.82, 2.24) is 4.90 Å². The molecule has 1 fully saturated rings. The Balaban J connectivity index is 1.92. The van der Waals surface area contributed by atoms with E-state index < -0.39 is 5.97 Å². The lowest BCUT2D eigenvalue weighted by molar-refractivity contribution is -0.146. The molecule has 1 atom stereocenters. The second kappa shape index (κ2) is 7.79. The van der Waals surface area contributed by atoms with Crippen LogP contribution in [-0.2, 0) is 26.2 Å². The number of amides is 1. The van der Waals surface area contributed by atoms with Gasteiger partial charge in [0.25, 0.3) is 0 Å². The normalized spacial score (nSPS) is 18.5. The van der Waals surface area contributed by atoms with E-state index in [1.807, 2.05) is 0 Å². The van der Waals surface area contributed by atoms with Crippen molar-refractivity contribution in [3.05, 3.63) is 35.4 Å². The number of aryl methyl sites for hydroxylation is 1. The number of carboxylic acids is 1. The second-order valence-electron chi connectivity index (χ2n) is 7.36. The third kappa shape index (κ3) is 5.06.